The van der Waals surface area contributed by atoms with Gasteiger partial charge in [0.05, 0.1) is 19.1 Å². The highest BCUT2D eigenvalue weighted by Gasteiger charge is 2.15. The van der Waals surface area contributed by atoms with E-state index < -0.39 is 6.10 Å². The van der Waals surface area contributed by atoms with E-state index in [9.17, 15) is 4.79 Å². The normalized spacial score (nSPS) is 29.0. The fraction of sp³-hybridized carbons (Fsp3) is 0.833. The molecule has 0 aromatic heterocycles. The van der Waals surface area contributed by atoms with E-state index in [-0.39, 0.29) is 12.4 Å². The molecule has 0 aliphatic carbocycles. The van der Waals surface area contributed by atoms with Crippen LogP contribution in [0.5, 0.6) is 0 Å². The quantitative estimate of drug-likeness (QED) is 0.472. The molecule has 0 aromatic rings. The number of carbonyl (C=O) groups excluding carboxylic acids is 1. The summed E-state index contributed by atoms with van der Waals surface area (Å²) in [5, 5.41) is 8.96. The van der Waals surface area contributed by atoms with Crippen LogP contribution in [-0.2, 0) is 9.53 Å². The van der Waals surface area contributed by atoms with Gasteiger partial charge in [0, 0.05) is 0 Å². The number of aliphatic hydroxyl groups is 1. The molecule has 0 unspecified atom stereocenters. The molecule has 1 saturated heterocycles. The summed E-state index contributed by atoms with van der Waals surface area (Å²) in [5.74, 6) is -0.278. The van der Waals surface area contributed by atoms with Gasteiger partial charge in [-0.2, -0.15) is 0 Å². The Hall–Kier alpha value is -0.570. The highest BCUT2D eigenvalue weighted by molar-refractivity contribution is 5.70. The molecule has 0 saturated carbocycles. The zero-order valence-electron chi connectivity index (χ0n) is 5.17. The minimum absolute atomic E-state index is 0.167. The van der Waals surface area contributed by atoms with E-state index in [1.807, 2.05) is 0 Å². The summed E-state index contributed by atoms with van der Waals surface area (Å²) < 4.78 is 4.67. The lowest BCUT2D eigenvalue weighted by molar-refractivity contribution is -0.143. The molecule has 1 aliphatic heterocycles. The Bertz CT molecular complexity index is 111. The monoisotopic (exact) mass is 130 g/mol. The van der Waals surface area contributed by atoms with Crippen molar-refractivity contribution in [3.63, 3.8) is 0 Å². The molecule has 1 atom stereocenters. The van der Waals surface area contributed by atoms with Crippen molar-refractivity contribution >= 4 is 5.97 Å². The molecule has 9 heavy (non-hydrogen) atoms. The van der Waals surface area contributed by atoms with Gasteiger partial charge in [0.25, 0.3) is 0 Å². The number of aliphatic hydroxyl groups excluding tert-OH is 1. The molecule has 52 valence electrons. The molecule has 1 rings (SSSR count). The van der Waals surface area contributed by atoms with Crippen molar-refractivity contribution in [2.75, 3.05) is 6.61 Å². The molecule has 0 radical (unpaired) electrons. The van der Waals surface area contributed by atoms with E-state index in [2.05, 4.69) is 4.74 Å². The molecule has 0 amide bonds. The molecule has 1 fully saturated rings. The van der Waals surface area contributed by atoms with Crippen LogP contribution in [0.1, 0.15) is 19.3 Å². The lowest BCUT2D eigenvalue weighted by Crippen LogP contribution is -2.10. The average molecular weight is 130 g/mol. The minimum atomic E-state index is -0.472. The van der Waals surface area contributed by atoms with E-state index in [4.69, 9.17) is 5.11 Å². The topological polar surface area (TPSA) is 46.5 Å². The molecule has 3 heteroatoms. The van der Waals surface area contributed by atoms with Gasteiger partial charge in [0.15, 0.2) is 0 Å². The van der Waals surface area contributed by atoms with Gasteiger partial charge in [0.1, 0.15) is 0 Å². The van der Waals surface area contributed by atoms with Gasteiger partial charge in [-0.15, -0.1) is 0 Å². The number of rotatable bonds is 0. The standard InChI is InChI=1S/C6H10O3/c7-5-2-1-3-9-6(8)4-5/h5,7H,1-4H2/t5-/m0/s1. The summed E-state index contributed by atoms with van der Waals surface area (Å²) in [4.78, 5) is 10.5. The highest BCUT2D eigenvalue weighted by Crippen LogP contribution is 2.07. The van der Waals surface area contributed by atoms with Gasteiger partial charge in [-0.1, -0.05) is 0 Å². The van der Waals surface area contributed by atoms with Crippen LogP contribution in [0.4, 0.5) is 0 Å². The maximum Gasteiger partial charge on any atom is 0.308 e. The van der Waals surface area contributed by atoms with E-state index in [0.29, 0.717) is 13.0 Å². The lowest BCUT2D eigenvalue weighted by Gasteiger charge is -1.99. The third kappa shape index (κ3) is 2.01. The largest absolute Gasteiger partial charge is 0.466 e. The van der Waals surface area contributed by atoms with Crippen LogP contribution in [0.2, 0.25) is 0 Å². The van der Waals surface area contributed by atoms with Crippen molar-refractivity contribution in [1.29, 1.82) is 0 Å². The summed E-state index contributed by atoms with van der Waals surface area (Å²) in [6, 6.07) is 0. The van der Waals surface area contributed by atoms with Crippen molar-refractivity contribution < 1.29 is 14.6 Å². The summed E-state index contributed by atoms with van der Waals surface area (Å²) in [6.07, 6.45) is 1.17. The molecule has 1 heterocycles. The van der Waals surface area contributed by atoms with Crippen molar-refractivity contribution in [3.8, 4) is 0 Å². The predicted molar refractivity (Wildman–Crippen MR) is 30.8 cm³/mol. The number of esters is 1. The van der Waals surface area contributed by atoms with Gasteiger partial charge in [-0.25, -0.2) is 0 Å². The van der Waals surface area contributed by atoms with Crippen LogP contribution in [0.3, 0.4) is 0 Å². The van der Waals surface area contributed by atoms with Gasteiger partial charge in [-0.3, -0.25) is 4.79 Å². The van der Waals surface area contributed by atoms with Gasteiger partial charge in [0.2, 0.25) is 0 Å². The van der Waals surface area contributed by atoms with Crippen LogP contribution in [-0.4, -0.2) is 23.8 Å². The Morgan fingerprint density at radius 2 is 2.44 bits per heavy atom. The first-order valence-electron chi connectivity index (χ1n) is 3.13. The first-order valence-corrected chi connectivity index (χ1v) is 3.13. The van der Waals surface area contributed by atoms with Crippen LogP contribution >= 0.6 is 0 Å². The summed E-state index contributed by atoms with van der Waals surface area (Å²) >= 11 is 0. The second-order valence-corrected chi connectivity index (χ2v) is 2.22. The average Bonchev–Trinajstić information content (AvgIpc) is 1.93. The second kappa shape index (κ2) is 2.82. The number of hydrogen-bond acceptors (Lipinski definition) is 3. The van der Waals surface area contributed by atoms with E-state index in [1.54, 1.807) is 0 Å². The predicted octanol–water partition coefficient (Wildman–Crippen LogP) is 0.0744. The first kappa shape index (κ1) is 6.55. The molecule has 0 aromatic carbocycles. The van der Waals surface area contributed by atoms with E-state index >= 15 is 0 Å². The number of hydrogen-bond donors (Lipinski definition) is 1. The fourth-order valence-corrected chi connectivity index (χ4v) is 0.858. The van der Waals surface area contributed by atoms with E-state index in [1.165, 1.54) is 0 Å². The molecule has 1 N–H and O–H groups in total. The van der Waals surface area contributed by atoms with Gasteiger partial charge >= 0.3 is 5.97 Å². The SMILES string of the molecule is O=C1C[C@@H](O)CCCO1. The fourth-order valence-electron chi connectivity index (χ4n) is 0.858. The Morgan fingerprint density at radius 1 is 1.67 bits per heavy atom. The molecule has 0 bridgehead atoms. The van der Waals surface area contributed by atoms with Crippen LogP contribution in [0.15, 0.2) is 0 Å². The minimum Gasteiger partial charge on any atom is -0.466 e. The Labute approximate surface area is 53.6 Å². The lowest BCUT2D eigenvalue weighted by atomic mass is 10.2. The molecular weight excluding hydrogens is 120 g/mol. The van der Waals surface area contributed by atoms with Crippen molar-refractivity contribution in [1.82, 2.24) is 0 Å². The summed E-state index contributed by atoms with van der Waals surface area (Å²) in [5.41, 5.74) is 0. The van der Waals surface area contributed by atoms with Crippen LogP contribution < -0.4 is 0 Å². The second-order valence-electron chi connectivity index (χ2n) is 2.22. The molecular formula is C6H10O3. The van der Waals surface area contributed by atoms with Gasteiger partial charge in [-0.05, 0) is 12.8 Å². The Kier molecular flexibility index (Phi) is 2.05. The zero-order chi connectivity index (χ0) is 6.69. The van der Waals surface area contributed by atoms with Crippen molar-refractivity contribution in [3.05, 3.63) is 0 Å². The summed E-state index contributed by atoms with van der Waals surface area (Å²) in [7, 11) is 0. The van der Waals surface area contributed by atoms with E-state index in [0.717, 1.165) is 6.42 Å². The van der Waals surface area contributed by atoms with Crippen molar-refractivity contribution in [2.45, 2.75) is 25.4 Å². The molecule has 3 nitrogen and oxygen atoms in total. The Morgan fingerprint density at radius 3 is 3.22 bits per heavy atom. The maximum atomic E-state index is 10.5. The number of carbonyl (C=O) groups is 1. The smallest absolute Gasteiger partial charge is 0.308 e. The molecule has 1 aliphatic rings. The third-order valence-corrected chi connectivity index (χ3v) is 1.35. The Balaban J connectivity index is 2.37. The van der Waals surface area contributed by atoms with Crippen LogP contribution in [0, 0.1) is 0 Å². The maximum absolute atomic E-state index is 10.5. The number of ether oxygens (including phenoxy) is 1. The first-order chi connectivity index (χ1) is 4.29. The summed E-state index contributed by atoms with van der Waals surface area (Å²) in [6.45, 7) is 0.468. The van der Waals surface area contributed by atoms with Crippen LogP contribution in [0.25, 0.3) is 0 Å². The highest BCUT2D eigenvalue weighted by atomic mass is 16.5. The third-order valence-electron chi connectivity index (χ3n) is 1.35. The van der Waals surface area contributed by atoms with Crippen molar-refractivity contribution in [2.24, 2.45) is 0 Å². The zero-order valence-corrected chi connectivity index (χ0v) is 5.17. The number of cyclic esters (lactones) is 1. The van der Waals surface area contributed by atoms with Gasteiger partial charge < -0.3 is 9.84 Å². The molecule has 0 spiro atoms.